The smallest absolute Gasteiger partial charge is 0.315 e. The zero-order chi connectivity index (χ0) is 13.9. The van der Waals surface area contributed by atoms with Gasteiger partial charge in [0.05, 0.1) is 6.54 Å². The van der Waals surface area contributed by atoms with Gasteiger partial charge in [0.15, 0.2) is 0 Å². The van der Waals surface area contributed by atoms with E-state index >= 15 is 0 Å². The lowest BCUT2D eigenvalue weighted by Crippen LogP contribution is -2.48. The van der Waals surface area contributed by atoms with Gasteiger partial charge in [-0.3, -0.25) is 0 Å². The predicted octanol–water partition coefficient (Wildman–Crippen LogP) is 2.48. The number of rotatable bonds is 4. The third-order valence-electron chi connectivity index (χ3n) is 4.15. The van der Waals surface area contributed by atoms with Crippen LogP contribution in [0.15, 0.2) is 12.1 Å². The van der Waals surface area contributed by atoms with Crippen LogP contribution in [0.3, 0.4) is 0 Å². The normalized spacial score (nSPS) is 20.9. The Kier molecular flexibility index (Phi) is 4.27. The minimum absolute atomic E-state index is 0.0269. The van der Waals surface area contributed by atoms with Crippen molar-refractivity contribution >= 4 is 17.4 Å². The third kappa shape index (κ3) is 3.73. The van der Waals surface area contributed by atoms with Gasteiger partial charge >= 0.3 is 6.03 Å². The fourth-order valence-electron chi connectivity index (χ4n) is 2.83. The molecule has 1 aliphatic heterocycles. The van der Waals surface area contributed by atoms with Gasteiger partial charge < -0.3 is 15.5 Å². The van der Waals surface area contributed by atoms with Crippen LogP contribution < -0.4 is 10.6 Å². The fraction of sp³-hybridized carbons (Fsp3) is 0.667. The Balaban J connectivity index is 1.36. The van der Waals surface area contributed by atoms with Gasteiger partial charge in [0.25, 0.3) is 0 Å². The number of urea groups is 1. The van der Waals surface area contributed by atoms with Gasteiger partial charge in [0.1, 0.15) is 0 Å². The molecular weight excluding hydrogens is 270 g/mol. The highest BCUT2D eigenvalue weighted by Crippen LogP contribution is 2.29. The monoisotopic (exact) mass is 293 g/mol. The number of aryl methyl sites for hydroxylation is 1. The first-order valence-corrected chi connectivity index (χ1v) is 8.36. The maximum atomic E-state index is 11.9. The molecular formula is C15H23N3OS. The van der Waals surface area contributed by atoms with E-state index in [0.29, 0.717) is 12.6 Å². The van der Waals surface area contributed by atoms with Crippen molar-refractivity contribution in [1.29, 1.82) is 0 Å². The van der Waals surface area contributed by atoms with Gasteiger partial charge in [-0.2, -0.15) is 0 Å². The van der Waals surface area contributed by atoms with E-state index in [4.69, 9.17) is 0 Å². The Hall–Kier alpha value is -1.07. The first-order chi connectivity index (χ1) is 9.70. The van der Waals surface area contributed by atoms with Crippen molar-refractivity contribution in [1.82, 2.24) is 15.5 Å². The van der Waals surface area contributed by atoms with Crippen LogP contribution in [-0.2, 0) is 6.54 Å². The zero-order valence-electron chi connectivity index (χ0n) is 12.0. The number of nitrogens with zero attached hydrogens (tertiary/aromatic N) is 1. The minimum Gasteiger partial charge on any atom is -0.335 e. The first-order valence-electron chi connectivity index (χ1n) is 7.54. The van der Waals surface area contributed by atoms with E-state index in [1.165, 1.54) is 22.6 Å². The number of likely N-dealkylation sites (tertiary alicyclic amines) is 1. The molecule has 5 heteroatoms. The highest BCUT2D eigenvalue weighted by molar-refractivity contribution is 7.11. The van der Waals surface area contributed by atoms with E-state index in [1.54, 1.807) is 11.3 Å². The second kappa shape index (κ2) is 6.14. The Morgan fingerprint density at radius 2 is 2.05 bits per heavy atom. The van der Waals surface area contributed by atoms with E-state index in [2.05, 4.69) is 34.6 Å². The van der Waals surface area contributed by atoms with Crippen molar-refractivity contribution in [3.8, 4) is 0 Å². The molecule has 0 radical (unpaired) electrons. The van der Waals surface area contributed by atoms with Crippen molar-refractivity contribution in [2.75, 3.05) is 13.1 Å². The van der Waals surface area contributed by atoms with Crippen molar-refractivity contribution in [2.45, 2.75) is 51.2 Å². The molecule has 0 unspecified atom stereocenters. The number of hydrogen-bond acceptors (Lipinski definition) is 3. The SMILES string of the molecule is Cc1ccc(CNC(=O)NC2CCN(C3CC3)CC2)s1. The number of carbonyl (C=O) groups is 1. The summed E-state index contributed by atoms with van der Waals surface area (Å²) in [5, 5.41) is 6.06. The lowest BCUT2D eigenvalue weighted by Gasteiger charge is -2.32. The summed E-state index contributed by atoms with van der Waals surface area (Å²) in [6, 6.07) is 5.34. The van der Waals surface area contributed by atoms with E-state index in [-0.39, 0.29) is 6.03 Å². The molecule has 1 saturated carbocycles. The van der Waals surface area contributed by atoms with Crippen LogP contribution >= 0.6 is 11.3 Å². The Morgan fingerprint density at radius 1 is 1.30 bits per heavy atom. The molecule has 2 aliphatic rings. The quantitative estimate of drug-likeness (QED) is 0.896. The lowest BCUT2D eigenvalue weighted by atomic mass is 10.1. The number of carbonyl (C=O) groups excluding carboxylic acids is 1. The molecule has 3 rings (SSSR count). The molecule has 2 heterocycles. The maximum Gasteiger partial charge on any atom is 0.315 e. The highest BCUT2D eigenvalue weighted by Gasteiger charge is 2.31. The van der Waals surface area contributed by atoms with Crippen LogP contribution in [-0.4, -0.2) is 36.1 Å². The largest absolute Gasteiger partial charge is 0.335 e. The molecule has 0 spiro atoms. The molecule has 2 fully saturated rings. The summed E-state index contributed by atoms with van der Waals surface area (Å²) in [7, 11) is 0. The third-order valence-corrected chi connectivity index (χ3v) is 5.15. The maximum absolute atomic E-state index is 11.9. The van der Waals surface area contributed by atoms with Gasteiger partial charge in [-0.1, -0.05) is 0 Å². The first kappa shape index (κ1) is 13.9. The van der Waals surface area contributed by atoms with Crippen molar-refractivity contribution in [3.63, 3.8) is 0 Å². The molecule has 0 aromatic carbocycles. The second-order valence-electron chi connectivity index (χ2n) is 5.88. The molecule has 2 amide bonds. The van der Waals surface area contributed by atoms with E-state index in [9.17, 15) is 4.79 Å². The van der Waals surface area contributed by atoms with E-state index in [0.717, 1.165) is 32.0 Å². The Morgan fingerprint density at radius 3 is 2.65 bits per heavy atom. The second-order valence-corrected chi connectivity index (χ2v) is 7.25. The molecule has 1 aromatic rings. The van der Waals surface area contributed by atoms with Gasteiger partial charge in [0.2, 0.25) is 0 Å². The predicted molar refractivity (Wildman–Crippen MR) is 82.0 cm³/mol. The molecule has 1 aromatic heterocycles. The zero-order valence-corrected chi connectivity index (χ0v) is 12.8. The van der Waals surface area contributed by atoms with Crippen molar-refractivity contribution in [3.05, 3.63) is 21.9 Å². The molecule has 110 valence electrons. The number of hydrogen-bond donors (Lipinski definition) is 2. The van der Waals surface area contributed by atoms with Gasteiger partial charge in [-0.25, -0.2) is 4.79 Å². The van der Waals surface area contributed by atoms with E-state index in [1.807, 2.05) is 0 Å². The number of piperidine rings is 1. The summed E-state index contributed by atoms with van der Waals surface area (Å²) in [4.78, 5) is 17.0. The van der Waals surface area contributed by atoms with Crippen molar-refractivity contribution in [2.24, 2.45) is 0 Å². The number of nitrogens with one attached hydrogen (secondary N) is 2. The molecule has 0 atom stereocenters. The molecule has 2 N–H and O–H groups in total. The van der Waals surface area contributed by atoms with Crippen LogP contribution in [0.2, 0.25) is 0 Å². The van der Waals surface area contributed by atoms with Crippen molar-refractivity contribution < 1.29 is 4.79 Å². The average Bonchev–Trinajstić information content (AvgIpc) is 3.20. The summed E-state index contributed by atoms with van der Waals surface area (Å²) in [6.07, 6.45) is 4.92. The highest BCUT2D eigenvalue weighted by atomic mass is 32.1. The topological polar surface area (TPSA) is 44.4 Å². The summed E-state index contributed by atoms with van der Waals surface area (Å²) in [5.74, 6) is 0. The van der Waals surface area contributed by atoms with Crippen LogP contribution in [0.1, 0.15) is 35.4 Å². The summed E-state index contributed by atoms with van der Waals surface area (Å²) in [6.45, 7) is 4.99. The van der Waals surface area contributed by atoms with Gasteiger partial charge in [0, 0.05) is 34.9 Å². The van der Waals surface area contributed by atoms with Crippen LogP contribution in [0.5, 0.6) is 0 Å². The Labute approximate surface area is 124 Å². The number of amides is 2. The summed E-state index contributed by atoms with van der Waals surface area (Å²) < 4.78 is 0. The Bertz CT molecular complexity index is 461. The summed E-state index contributed by atoms with van der Waals surface area (Å²) >= 11 is 1.74. The molecule has 20 heavy (non-hydrogen) atoms. The van der Waals surface area contributed by atoms with E-state index < -0.39 is 0 Å². The van der Waals surface area contributed by atoms with Crippen LogP contribution in [0, 0.1) is 6.92 Å². The average molecular weight is 293 g/mol. The van der Waals surface area contributed by atoms with Crippen LogP contribution in [0.4, 0.5) is 4.79 Å². The molecule has 1 saturated heterocycles. The molecule has 1 aliphatic carbocycles. The molecule has 0 bridgehead atoms. The summed E-state index contributed by atoms with van der Waals surface area (Å²) in [5.41, 5.74) is 0. The van der Waals surface area contributed by atoms with Gasteiger partial charge in [-0.15, -0.1) is 11.3 Å². The van der Waals surface area contributed by atoms with Crippen LogP contribution in [0.25, 0.3) is 0 Å². The lowest BCUT2D eigenvalue weighted by molar-refractivity contribution is 0.186. The standard InChI is InChI=1S/C15H23N3OS/c1-11-2-5-14(20-11)10-16-15(19)17-12-6-8-18(9-7-12)13-3-4-13/h2,5,12-13H,3-4,6-10H2,1H3,(H2,16,17,19). The molecule has 4 nitrogen and oxygen atoms in total. The fourth-order valence-corrected chi connectivity index (χ4v) is 3.66. The van der Waals surface area contributed by atoms with Gasteiger partial charge in [-0.05, 0) is 44.7 Å². The minimum atomic E-state index is -0.0269. The number of thiophene rings is 1.